The Hall–Kier alpha value is -4.04. The Balaban J connectivity index is 0.000000218. The van der Waals surface area contributed by atoms with E-state index in [9.17, 15) is 27.2 Å². The van der Waals surface area contributed by atoms with E-state index in [0.29, 0.717) is 28.6 Å². The van der Waals surface area contributed by atoms with Gasteiger partial charge in [0.05, 0.1) is 30.0 Å². The van der Waals surface area contributed by atoms with E-state index in [2.05, 4.69) is 30.0 Å². The van der Waals surface area contributed by atoms with Crippen LogP contribution in [0.5, 0.6) is 6.01 Å². The minimum absolute atomic E-state index is 0.00882. The van der Waals surface area contributed by atoms with Crippen LogP contribution in [0.2, 0.25) is 10.0 Å². The van der Waals surface area contributed by atoms with Gasteiger partial charge in [0, 0.05) is 18.0 Å². The van der Waals surface area contributed by atoms with Crippen molar-refractivity contribution in [3.05, 3.63) is 72.6 Å². The number of anilines is 1. The van der Waals surface area contributed by atoms with Crippen molar-refractivity contribution in [3.63, 3.8) is 0 Å². The maximum absolute atomic E-state index is 14.3. The molecule has 15 nitrogen and oxygen atoms in total. The second kappa shape index (κ2) is 16.4. The molecule has 0 saturated carbocycles. The number of fused-ring (bicyclic) bond motifs is 1. The number of halogens is 3. The van der Waals surface area contributed by atoms with Crippen molar-refractivity contribution < 1.29 is 31.9 Å². The average molecular weight is 762 g/mol. The number of rotatable bonds is 8. The van der Waals surface area contributed by atoms with Crippen LogP contribution in [-0.4, -0.2) is 64.7 Å². The van der Waals surface area contributed by atoms with Gasteiger partial charge in [-0.15, -0.1) is 11.8 Å². The number of ether oxygens (including phenoxy) is 2. The molecule has 2 amide bonds. The highest BCUT2D eigenvalue weighted by molar-refractivity contribution is 8.00. The van der Waals surface area contributed by atoms with Gasteiger partial charge < -0.3 is 9.47 Å². The number of sulfonamides is 1. The fourth-order valence-corrected chi connectivity index (χ4v) is 7.42. The number of nitrogens with one attached hydrogen (secondary N) is 2. The molecule has 1 aliphatic rings. The lowest BCUT2D eigenvalue weighted by molar-refractivity contribution is -0.137. The molecule has 256 valence electrons. The number of carbonyl (C=O) groups excluding carboxylic acids is 2. The normalized spacial score (nSPS) is 12.8. The average Bonchev–Trinajstić information content (AvgIpc) is 3.36. The van der Waals surface area contributed by atoms with Crippen LogP contribution in [0.4, 0.5) is 20.8 Å². The van der Waals surface area contributed by atoms with Crippen molar-refractivity contribution in [2.24, 2.45) is 4.99 Å². The van der Waals surface area contributed by atoms with Gasteiger partial charge in [-0.25, -0.2) is 32.0 Å². The molecule has 2 aromatic heterocycles. The lowest BCUT2D eigenvalue weighted by atomic mass is 10.3. The summed E-state index contributed by atoms with van der Waals surface area (Å²) in [6, 6.07) is 7.31. The van der Waals surface area contributed by atoms with Crippen molar-refractivity contribution >= 4 is 80.0 Å². The van der Waals surface area contributed by atoms with E-state index in [4.69, 9.17) is 27.9 Å². The van der Waals surface area contributed by atoms with Crippen LogP contribution in [0, 0.1) is 12.7 Å². The highest BCUT2D eigenvalue weighted by atomic mass is 35.5. The number of carbonyl (C=O) groups is 2. The summed E-state index contributed by atoms with van der Waals surface area (Å²) in [5.41, 5.74) is 0.0829. The Kier molecular flexibility index (Phi) is 12.6. The summed E-state index contributed by atoms with van der Waals surface area (Å²) in [5.74, 6) is -0.782. The number of aryl methyl sites for hydroxylation is 1. The third-order valence-electron chi connectivity index (χ3n) is 6.17. The van der Waals surface area contributed by atoms with E-state index >= 15 is 0 Å². The van der Waals surface area contributed by atoms with Gasteiger partial charge in [0.2, 0.25) is 10.7 Å². The number of benzene rings is 2. The van der Waals surface area contributed by atoms with Gasteiger partial charge in [0.25, 0.3) is 10.0 Å². The molecule has 0 saturated heterocycles. The molecule has 0 spiro atoms. The zero-order chi connectivity index (χ0) is 35.0. The molecule has 0 aliphatic carbocycles. The largest absolute Gasteiger partial charge is 0.468 e. The van der Waals surface area contributed by atoms with Crippen LogP contribution in [0.3, 0.4) is 0 Å². The van der Waals surface area contributed by atoms with Crippen LogP contribution < -0.4 is 24.5 Å². The molecule has 48 heavy (non-hydrogen) atoms. The van der Waals surface area contributed by atoms with Gasteiger partial charge in [0.1, 0.15) is 22.2 Å². The van der Waals surface area contributed by atoms with Gasteiger partial charge in [-0.3, -0.25) is 19.6 Å². The molecule has 21 heteroatoms. The summed E-state index contributed by atoms with van der Waals surface area (Å²) in [4.78, 5) is 51.6. The number of amides is 2. The SMILES string of the molecule is COC(=O)CSc1cc(N=c2sc(=O)n3n2CCCC3)c(F)cc1Cl.COc1nc(C)nc(NC(=O)NS(=O)(=O)c2ccccc2Cl)n1. The van der Waals surface area contributed by atoms with Crippen molar-refractivity contribution in [3.8, 4) is 6.01 Å². The summed E-state index contributed by atoms with van der Waals surface area (Å²) in [5, 5.41) is 2.38. The summed E-state index contributed by atoms with van der Waals surface area (Å²) < 4.78 is 53.1. The highest BCUT2D eigenvalue weighted by Crippen LogP contribution is 2.33. The minimum atomic E-state index is -4.13. The Bertz CT molecular complexity index is 2070. The van der Waals surface area contributed by atoms with Gasteiger partial charge in [-0.1, -0.05) is 35.3 Å². The van der Waals surface area contributed by atoms with Crippen LogP contribution >= 0.6 is 46.3 Å². The van der Waals surface area contributed by atoms with Crippen molar-refractivity contribution in [1.29, 1.82) is 0 Å². The minimum Gasteiger partial charge on any atom is -0.468 e. The standard InChI is InChI=1S/C15H15ClFN3O3S2.C12H12ClN5O4S/c1-23-13(21)8-24-12-7-11(10(17)6-9(12)16)18-14-19-4-2-3-5-20(19)15(22)25-14;1-7-14-10(17-12(15-7)22-2)16-11(19)18-23(20,21)9-6-4-3-5-8(9)13/h6-7H,2-5,8H2,1H3;3-6H,1-2H3,(H2,14,15,16,17,18,19). The fourth-order valence-electron chi connectivity index (χ4n) is 4.00. The van der Waals surface area contributed by atoms with Crippen molar-refractivity contribution in [1.82, 2.24) is 29.0 Å². The maximum Gasteiger partial charge on any atom is 0.335 e. The molecule has 0 unspecified atom stereocenters. The third kappa shape index (κ3) is 9.53. The Morgan fingerprint density at radius 3 is 2.48 bits per heavy atom. The molecule has 0 bridgehead atoms. The van der Waals surface area contributed by atoms with Gasteiger partial charge in [-0.2, -0.15) is 15.0 Å². The summed E-state index contributed by atoms with van der Waals surface area (Å²) in [6.45, 7) is 2.89. The second-order valence-electron chi connectivity index (χ2n) is 9.50. The number of hydrogen-bond donors (Lipinski definition) is 2. The number of aromatic nitrogens is 5. The van der Waals surface area contributed by atoms with Crippen LogP contribution in [0.25, 0.3) is 0 Å². The van der Waals surface area contributed by atoms with Crippen LogP contribution in [0.15, 0.2) is 56.0 Å². The summed E-state index contributed by atoms with van der Waals surface area (Å²) in [7, 11) is -1.49. The molecule has 0 radical (unpaired) electrons. The molecule has 0 fully saturated rings. The quantitative estimate of drug-likeness (QED) is 0.194. The highest BCUT2D eigenvalue weighted by Gasteiger charge is 2.21. The smallest absolute Gasteiger partial charge is 0.335 e. The predicted octanol–water partition coefficient (Wildman–Crippen LogP) is 4.15. The van der Waals surface area contributed by atoms with Gasteiger partial charge in [-0.05, 0) is 55.4 Å². The van der Waals surface area contributed by atoms with E-state index in [1.165, 1.54) is 38.5 Å². The van der Waals surface area contributed by atoms with E-state index in [1.807, 2.05) is 4.72 Å². The zero-order valence-corrected chi connectivity index (χ0v) is 29.4. The van der Waals surface area contributed by atoms with E-state index < -0.39 is 27.8 Å². The monoisotopic (exact) mass is 760 g/mol. The first-order valence-electron chi connectivity index (χ1n) is 13.7. The number of hydrogen-bond acceptors (Lipinski definition) is 13. The molecule has 0 atom stereocenters. The van der Waals surface area contributed by atoms with Crippen molar-refractivity contribution in [2.75, 3.05) is 25.3 Å². The number of esters is 1. The second-order valence-corrected chi connectivity index (χ2v) is 13.9. The van der Waals surface area contributed by atoms with E-state index in [1.54, 1.807) is 22.4 Å². The number of methoxy groups -OCH3 is 2. The van der Waals surface area contributed by atoms with E-state index in [-0.39, 0.29) is 43.2 Å². The fraction of sp³-hybridized carbons (Fsp3) is 0.296. The number of urea groups is 1. The summed E-state index contributed by atoms with van der Waals surface area (Å²) >= 11 is 14.0. The molecule has 4 aromatic rings. The van der Waals surface area contributed by atoms with E-state index in [0.717, 1.165) is 42.0 Å². The molecule has 1 aliphatic heterocycles. The zero-order valence-electron chi connectivity index (χ0n) is 25.4. The third-order valence-corrected chi connectivity index (χ3v) is 10.3. The van der Waals surface area contributed by atoms with Crippen LogP contribution in [0.1, 0.15) is 18.7 Å². The van der Waals surface area contributed by atoms with Gasteiger partial charge >= 0.3 is 22.9 Å². The van der Waals surface area contributed by atoms with Crippen LogP contribution in [-0.2, 0) is 32.6 Å². The molecule has 2 aromatic carbocycles. The summed E-state index contributed by atoms with van der Waals surface area (Å²) in [6.07, 6.45) is 1.90. The lowest BCUT2D eigenvalue weighted by Gasteiger charge is -2.15. The lowest BCUT2D eigenvalue weighted by Crippen LogP contribution is -2.35. The van der Waals surface area contributed by atoms with Crippen molar-refractivity contribution in [2.45, 2.75) is 42.6 Å². The molecule has 3 heterocycles. The van der Waals surface area contributed by atoms with Gasteiger partial charge in [0.15, 0.2) is 0 Å². The molecular formula is C27H27Cl2FN8O7S3. The molecule has 5 rings (SSSR count). The molecule has 2 N–H and O–H groups in total. The first-order valence-corrected chi connectivity index (χ1v) is 17.7. The number of thioether (sulfide) groups is 1. The first-order chi connectivity index (χ1) is 22.8. The first kappa shape index (κ1) is 36.8. The maximum atomic E-state index is 14.3. The Morgan fingerprint density at radius 1 is 1.08 bits per heavy atom. The molecular weight excluding hydrogens is 734 g/mol. The Morgan fingerprint density at radius 2 is 1.79 bits per heavy atom. The predicted molar refractivity (Wildman–Crippen MR) is 177 cm³/mol. The Labute approximate surface area is 291 Å². The topological polar surface area (TPSA) is 189 Å². The number of nitrogens with zero attached hydrogens (tertiary/aromatic N) is 6.